The van der Waals surface area contributed by atoms with Crippen molar-refractivity contribution in [1.82, 2.24) is 5.32 Å². The predicted octanol–water partition coefficient (Wildman–Crippen LogP) is 1.42. The average Bonchev–Trinajstić information content (AvgIpc) is 2.38. The molecule has 0 aliphatic carbocycles. The van der Waals surface area contributed by atoms with Crippen molar-refractivity contribution in [3.8, 4) is 5.75 Å². The first-order valence-corrected chi connectivity index (χ1v) is 6.03. The number of halogens is 2. The molecule has 0 saturated carbocycles. The quantitative estimate of drug-likeness (QED) is 0.759. The Morgan fingerprint density at radius 3 is 2.85 bits per heavy atom. The average molecular weight is 289 g/mol. The van der Waals surface area contributed by atoms with Gasteiger partial charge in [-0.3, -0.25) is 4.79 Å². The minimum atomic E-state index is -2.93. The standard InChI is InChI=1S/C13H17F2NO4/c1-19-8-10(17)5-6-16-12(18)9-3-2-4-11(7-9)20-13(14)15/h2-4,7,10,13,17H,5-6,8H2,1H3,(H,16,18). The van der Waals surface area contributed by atoms with E-state index in [0.717, 1.165) is 0 Å². The van der Waals surface area contributed by atoms with Crippen molar-refractivity contribution in [2.24, 2.45) is 0 Å². The van der Waals surface area contributed by atoms with Gasteiger partial charge in [-0.2, -0.15) is 8.78 Å². The fourth-order valence-corrected chi connectivity index (χ4v) is 1.54. The van der Waals surface area contributed by atoms with E-state index in [-0.39, 0.29) is 24.5 Å². The molecule has 1 rings (SSSR count). The van der Waals surface area contributed by atoms with Crippen LogP contribution in [0.15, 0.2) is 24.3 Å². The summed E-state index contributed by atoms with van der Waals surface area (Å²) in [5, 5.41) is 12.0. The molecule has 1 aromatic rings. The molecule has 0 fully saturated rings. The normalized spacial score (nSPS) is 12.2. The van der Waals surface area contributed by atoms with E-state index in [1.54, 1.807) is 0 Å². The lowest BCUT2D eigenvalue weighted by atomic mass is 10.2. The molecule has 0 heterocycles. The van der Waals surface area contributed by atoms with Crippen molar-refractivity contribution in [1.29, 1.82) is 0 Å². The third-order valence-electron chi connectivity index (χ3n) is 2.44. The Morgan fingerprint density at radius 1 is 1.45 bits per heavy atom. The first kappa shape index (κ1) is 16.3. The molecule has 1 unspecified atom stereocenters. The first-order chi connectivity index (χ1) is 9.52. The zero-order valence-electron chi connectivity index (χ0n) is 11.0. The molecule has 0 radical (unpaired) electrons. The molecular formula is C13H17F2NO4. The molecular weight excluding hydrogens is 272 g/mol. The maximum absolute atomic E-state index is 12.1. The van der Waals surface area contributed by atoms with E-state index in [4.69, 9.17) is 4.74 Å². The van der Waals surface area contributed by atoms with E-state index >= 15 is 0 Å². The second-order valence-electron chi connectivity index (χ2n) is 4.06. The number of carbonyl (C=O) groups excluding carboxylic acids is 1. The minimum Gasteiger partial charge on any atom is -0.435 e. The maximum Gasteiger partial charge on any atom is 0.387 e. The van der Waals surface area contributed by atoms with Crippen molar-refractivity contribution in [3.05, 3.63) is 29.8 Å². The highest BCUT2D eigenvalue weighted by atomic mass is 19.3. The van der Waals surface area contributed by atoms with Crippen LogP contribution in [0.1, 0.15) is 16.8 Å². The molecule has 1 aromatic carbocycles. The number of hydrogen-bond donors (Lipinski definition) is 2. The highest BCUT2D eigenvalue weighted by Gasteiger charge is 2.10. The summed E-state index contributed by atoms with van der Waals surface area (Å²) < 4.78 is 33.1. The van der Waals surface area contributed by atoms with Gasteiger partial charge < -0.3 is 19.9 Å². The zero-order valence-corrected chi connectivity index (χ0v) is 11.0. The number of hydrogen-bond acceptors (Lipinski definition) is 4. The third-order valence-corrected chi connectivity index (χ3v) is 2.44. The summed E-state index contributed by atoms with van der Waals surface area (Å²) in [6.07, 6.45) is -0.318. The first-order valence-electron chi connectivity index (χ1n) is 6.03. The summed E-state index contributed by atoms with van der Waals surface area (Å²) >= 11 is 0. The SMILES string of the molecule is COCC(O)CCNC(=O)c1cccc(OC(F)F)c1. The number of carbonyl (C=O) groups is 1. The van der Waals surface area contributed by atoms with Crippen LogP contribution in [0.25, 0.3) is 0 Å². The van der Waals surface area contributed by atoms with E-state index in [1.165, 1.54) is 31.4 Å². The number of nitrogens with one attached hydrogen (secondary N) is 1. The van der Waals surface area contributed by atoms with Crippen LogP contribution >= 0.6 is 0 Å². The van der Waals surface area contributed by atoms with Gasteiger partial charge in [0.25, 0.3) is 5.91 Å². The van der Waals surface area contributed by atoms with Gasteiger partial charge in [-0.05, 0) is 24.6 Å². The van der Waals surface area contributed by atoms with Crippen molar-refractivity contribution < 1.29 is 28.2 Å². The van der Waals surface area contributed by atoms with Crippen LogP contribution in [0.3, 0.4) is 0 Å². The second kappa shape index (κ2) is 8.44. The number of rotatable bonds is 8. The largest absolute Gasteiger partial charge is 0.435 e. The Hall–Kier alpha value is -1.73. The van der Waals surface area contributed by atoms with Gasteiger partial charge in [0.1, 0.15) is 5.75 Å². The molecule has 0 saturated heterocycles. The molecule has 0 aliphatic rings. The molecule has 1 amide bonds. The molecule has 1 atom stereocenters. The third kappa shape index (κ3) is 5.94. The van der Waals surface area contributed by atoms with Gasteiger partial charge in [-0.15, -0.1) is 0 Å². The van der Waals surface area contributed by atoms with Gasteiger partial charge >= 0.3 is 6.61 Å². The molecule has 7 heteroatoms. The topological polar surface area (TPSA) is 67.8 Å². The van der Waals surface area contributed by atoms with Gasteiger partial charge in [0.15, 0.2) is 0 Å². The number of amides is 1. The molecule has 2 N–H and O–H groups in total. The molecule has 0 aliphatic heterocycles. The summed E-state index contributed by atoms with van der Waals surface area (Å²) in [6.45, 7) is -2.49. The van der Waals surface area contributed by atoms with E-state index < -0.39 is 18.6 Å². The Morgan fingerprint density at radius 2 is 2.20 bits per heavy atom. The van der Waals surface area contributed by atoms with E-state index in [1.807, 2.05) is 0 Å². The molecule has 0 aromatic heterocycles. The molecule has 0 bridgehead atoms. The van der Waals surface area contributed by atoms with Crippen molar-refractivity contribution in [2.75, 3.05) is 20.3 Å². The lowest BCUT2D eigenvalue weighted by Gasteiger charge is -2.10. The highest BCUT2D eigenvalue weighted by molar-refractivity contribution is 5.94. The predicted molar refractivity (Wildman–Crippen MR) is 67.9 cm³/mol. The van der Waals surface area contributed by atoms with Crippen LogP contribution in [-0.4, -0.2) is 44.0 Å². The number of aliphatic hydroxyl groups excluding tert-OH is 1. The second-order valence-corrected chi connectivity index (χ2v) is 4.06. The smallest absolute Gasteiger partial charge is 0.387 e. The van der Waals surface area contributed by atoms with Gasteiger partial charge in [0, 0.05) is 19.2 Å². The number of ether oxygens (including phenoxy) is 2. The number of alkyl halides is 2. The fraction of sp³-hybridized carbons (Fsp3) is 0.462. The maximum atomic E-state index is 12.1. The zero-order chi connectivity index (χ0) is 15.0. The van der Waals surface area contributed by atoms with Crippen LogP contribution in [0.4, 0.5) is 8.78 Å². The van der Waals surface area contributed by atoms with E-state index in [0.29, 0.717) is 6.42 Å². The summed E-state index contributed by atoms with van der Waals surface area (Å²) in [6, 6.07) is 5.50. The molecule has 112 valence electrons. The monoisotopic (exact) mass is 289 g/mol. The van der Waals surface area contributed by atoms with Crippen molar-refractivity contribution in [3.63, 3.8) is 0 Å². The Labute approximate surface area is 115 Å². The van der Waals surface area contributed by atoms with Crippen LogP contribution in [-0.2, 0) is 4.74 Å². The molecule has 5 nitrogen and oxygen atoms in total. The van der Waals surface area contributed by atoms with Gasteiger partial charge in [-0.25, -0.2) is 0 Å². The Balaban J connectivity index is 2.47. The lowest BCUT2D eigenvalue weighted by molar-refractivity contribution is -0.0498. The lowest BCUT2D eigenvalue weighted by Crippen LogP contribution is -2.28. The van der Waals surface area contributed by atoms with Gasteiger partial charge in [-0.1, -0.05) is 6.07 Å². The Kier molecular flexibility index (Phi) is 6.89. The van der Waals surface area contributed by atoms with Crippen molar-refractivity contribution in [2.45, 2.75) is 19.1 Å². The molecule has 0 spiro atoms. The summed E-state index contributed by atoms with van der Waals surface area (Å²) in [4.78, 5) is 11.8. The fourth-order valence-electron chi connectivity index (χ4n) is 1.54. The number of benzene rings is 1. The van der Waals surface area contributed by atoms with Crippen molar-refractivity contribution >= 4 is 5.91 Å². The Bertz CT molecular complexity index is 429. The van der Waals surface area contributed by atoms with Crippen LogP contribution < -0.4 is 10.1 Å². The molecule has 20 heavy (non-hydrogen) atoms. The van der Waals surface area contributed by atoms with E-state index in [9.17, 15) is 18.7 Å². The minimum absolute atomic E-state index is 0.0768. The summed E-state index contributed by atoms with van der Waals surface area (Å²) in [5.74, 6) is -0.499. The van der Waals surface area contributed by atoms with Gasteiger partial charge in [0.05, 0.1) is 12.7 Å². The highest BCUT2D eigenvalue weighted by Crippen LogP contribution is 2.15. The van der Waals surface area contributed by atoms with E-state index in [2.05, 4.69) is 10.1 Å². The summed E-state index contributed by atoms with van der Waals surface area (Å²) in [7, 11) is 1.47. The summed E-state index contributed by atoms with van der Waals surface area (Å²) in [5.41, 5.74) is 0.212. The van der Waals surface area contributed by atoms with Crippen LogP contribution in [0.5, 0.6) is 5.75 Å². The van der Waals surface area contributed by atoms with Gasteiger partial charge in [0.2, 0.25) is 0 Å². The van der Waals surface area contributed by atoms with Crippen LogP contribution in [0.2, 0.25) is 0 Å². The number of aliphatic hydroxyl groups is 1. The van der Waals surface area contributed by atoms with Crippen LogP contribution in [0, 0.1) is 0 Å². The number of methoxy groups -OCH3 is 1.